The van der Waals surface area contributed by atoms with E-state index in [4.69, 9.17) is 0 Å². The zero-order valence-electron chi connectivity index (χ0n) is 43.6. The third-order valence-electron chi connectivity index (χ3n) is 17.7. The van der Waals surface area contributed by atoms with E-state index in [9.17, 15) is 0 Å². The Kier molecular flexibility index (Phi) is 10.5. The first-order valence-electron chi connectivity index (χ1n) is 28.2. The SMILES string of the molecule is c1cc2c(c(N(c3cccc4ccccc34)c3cc(-c4ccc5ccccc5c4)c4ccc5c(N(c6cccc7c6CCCC7)c6cccc7ccccc67)cc(-c6ccc7ccccc7c6)c6ccc3c4c65)c1)CCCC2. The van der Waals surface area contributed by atoms with Crippen molar-refractivity contribution in [3.8, 4) is 22.3 Å². The number of fused-ring (bicyclic) bond motifs is 6. The van der Waals surface area contributed by atoms with Crippen molar-refractivity contribution in [2.24, 2.45) is 0 Å². The molecule has 0 fully saturated rings. The molecule has 0 spiro atoms. The molecule has 0 N–H and O–H groups in total. The monoisotopic (exact) mass is 996 g/mol. The maximum Gasteiger partial charge on any atom is 0.0547 e. The van der Waals surface area contributed by atoms with Crippen molar-refractivity contribution in [3.05, 3.63) is 265 Å². The zero-order chi connectivity index (χ0) is 51.3. The number of nitrogens with zero attached hydrogens (tertiary/aromatic N) is 2. The van der Waals surface area contributed by atoms with Crippen LogP contribution in [-0.2, 0) is 25.7 Å². The molecule has 2 aliphatic carbocycles. The number of rotatable bonds is 8. The first kappa shape index (κ1) is 45.0. The summed E-state index contributed by atoms with van der Waals surface area (Å²) in [5.41, 5.74) is 18.1. The highest BCUT2D eigenvalue weighted by molar-refractivity contribution is 6.33. The molecule has 370 valence electrons. The van der Waals surface area contributed by atoms with Crippen LogP contribution in [0.15, 0.2) is 243 Å². The van der Waals surface area contributed by atoms with Crippen molar-refractivity contribution >= 4 is 110 Å². The average Bonchev–Trinajstić information content (AvgIpc) is 3.60. The fourth-order valence-corrected chi connectivity index (χ4v) is 14.0. The Morgan fingerprint density at radius 1 is 0.231 bits per heavy atom. The number of aryl methyl sites for hydroxylation is 2. The predicted octanol–water partition coefficient (Wildman–Crippen LogP) is 21.2. The van der Waals surface area contributed by atoms with Gasteiger partial charge in [0.15, 0.2) is 0 Å². The van der Waals surface area contributed by atoms with E-state index in [1.54, 1.807) is 0 Å². The second kappa shape index (κ2) is 18.2. The van der Waals surface area contributed by atoms with Crippen molar-refractivity contribution in [2.45, 2.75) is 51.4 Å². The smallest absolute Gasteiger partial charge is 0.0547 e. The van der Waals surface area contributed by atoms with Crippen molar-refractivity contribution < 1.29 is 0 Å². The lowest BCUT2D eigenvalue weighted by molar-refractivity contribution is 0.686. The summed E-state index contributed by atoms with van der Waals surface area (Å²) in [4.78, 5) is 5.32. The molecule has 0 aliphatic heterocycles. The van der Waals surface area contributed by atoms with E-state index in [0.717, 1.165) is 25.7 Å². The van der Waals surface area contributed by atoms with Gasteiger partial charge in [0.05, 0.1) is 22.7 Å². The van der Waals surface area contributed by atoms with Crippen LogP contribution in [-0.4, -0.2) is 0 Å². The Hall–Kier alpha value is -9.24. The summed E-state index contributed by atoms with van der Waals surface area (Å²) in [6, 6.07) is 92.7. The van der Waals surface area contributed by atoms with Crippen molar-refractivity contribution in [2.75, 3.05) is 9.80 Å². The van der Waals surface area contributed by atoms with Crippen LogP contribution < -0.4 is 9.80 Å². The Bertz CT molecular complexity index is 4410. The van der Waals surface area contributed by atoms with Crippen LogP contribution in [0.2, 0.25) is 0 Å². The van der Waals surface area contributed by atoms with Crippen molar-refractivity contribution in [3.63, 3.8) is 0 Å². The van der Waals surface area contributed by atoms with E-state index in [1.807, 2.05) is 0 Å². The molecule has 78 heavy (non-hydrogen) atoms. The first-order valence-corrected chi connectivity index (χ1v) is 28.2. The lowest BCUT2D eigenvalue weighted by Crippen LogP contribution is -2.17. The van der Waals surface area contributed by atoms with Gasteiger partial charge in [-0.3, -0.25) is 0 Å². The van der Waals surface area contributed by atoms with Crippen LogP contribution in [0.5, 0.6) is 0 Å². The average molecular weight is 997 g/mol. The fraction of sp³-hybridized carbons (Fsp3) is 0.105. The van der Waals surface area contributed by atoms with Gasteiger partial charge >= 0.3 is 0 Å². The van der Waals surface area contributed by atoms with E-state index < -0.39 is 0 Å². The molecule has 16 rings (SSSR count). The maximum absolute atomic E-state index is 2.66. The highest BCUT2D eigenvalue weighted by atomic mass is 15.2. The van der Waals surface area contributed by atoms with Crippen LogP contribution in [0.1, 0.15) is 47.9 Å². The van der Waals surface area contributed by atoms with Crippen LogP contribution in [0.4, 0.5) is 34.1 Å². The molecule has 0 saturated heterocycles. The lowest BCUT2D eigenvalue weighted by Gasteiger charge is -2.34. The van der Waals surface area contributed by atoms with Gasteiger partial charge < -0.3 is 9.80 Å². The number of hydrogen-bond acceptors (Lipinski definition) is 2. The molecular formula is C76H56N2. The zero-order valence-corrected chi connectivity index (χ0v) is 43.6. The van der Waals surface area contributed by atoms with Crippen molar-refractivity contribution in [1.29, 1.82) is 0 Å². The standard InChI is InChI=1S/C76H56N2/c1-3-23-55-45-57(39-37-49(55)17-1)67-47-73(77(69-33-13-25-51-19-5-9-29-59(51)69)70-34-14-26-52-20-6-10-30-60(52)70)65-44-42-64-68(58-40-38-50-18-2-4-24-56(50)46-58)48-74(66-43-41-63(67)75(65)76(64)66)78(71-35-15-27-53-21-7-11-31-61(53)71)72-36-16-28-54-22-8-12-32-62(54)72/h1-5,7,9,11,13-19,21,23-29,31,33-48H,6,8,10,12,20,22,30,32H2. The van der Waals surface area contributed by atoms with Crippen LogP contribution in [0.3, 0.4) is 0 Å². The summed E-state index contributed by atoms with van der Waals surface area (Å²) in [5, 5.41) is 17.5. The summed E-state index contributed by atoms with van der Waals surface area (Å²) >= 11 is 0. The van der Waals surface area contributed by atoms with Gasteiger partial charge in [0.25, 0.3) is 0 Å². The summed E-state index contributed by atoms with van der Waals surface area (Å²) in [7, 11) is 0. The number of anilines is 6. The quantitative estimate of drug-likeness (QED) is 0.140. The molecule has 0 radical (unpaired) electrons. The van der Waals surface area contributed by atoms with Crippen LogP contribution in [0.25, 0.3) is 97.7 Å². The molecule has 0 saturated carbocycles. The largest absolute Gasteiger partial charge is 0.309 e. The topological polar surface area (TPSA) is 6.48 Å². The minimum atomic E-state index is 1.06. The van der Waals surface area contributed by atoms with E-state index in [2.05, 4.69) is 252 Å². The summed E-state index contributed by atoms with van der Waals surface area (Å²) < 4.78 is 0. The van der Waals surface area contributed by atoms with Gasteiger partial charge in [-0.1, -0.05) is 194 Å². The van der Waals surface area contributed by atoms with E-state index >= 15 is 0 Å². The van der Waals surface area contributed by atoms with Gasteiger partial charge in [-0.25, -0.2) is 0 Å². The Labute approximate surface area is 455 Å². The number of hydrogen-bond donors (Lipinski definition) is 0. The summed E-state index contributed by atoms with van der Waals surface area (Å²) in [5.74, 6) is 0. The lowest BCUT2D eigenvalue weighted by atomic mass is 9.84. The summed E-state index contributed by atoms with van der Waals surface area (Å²) in [6.07, 6.45) is 9.14. The Morgan fingerprint density at radius 3 is 1.08 bits per heavy atom. The van der Waals surface area contributed by atoms with E-state index in [0.29, 0.717) is 0 Å². The third kappa shape index (κ3) is 7.16. The van der Waals surface area contributed by atoms with Gasteiger partial charge in [0.1, 0.15) is 0 Å². The molecule has 14 aromatic carbocycles. The minimum Gasteiger partial charge on any atom is -0.309 e. The van der Waals surface area contributed by atoms with E-state index in [1.165, 1.54) is 180 Å². The normalized spacial score (nSPS) is 13.5. The molecule has 0 bridgehead atoms. The molecule has 2 heteroatoms. The molecule has 0 unspecified atom stereocenters. The predicted molar refractivity (Wildman–Crippen MR) is 334 cm³/mol. The fourth-order valence-electron chi connectivity index (χ4n) is 14.0. The van der Waals surface area contributed by atoms with Gasteiger partial charge in [-0.05, 0) is 187 Å². The van der Waals surface area contributed by atoms with Crippen LogP contribution in [0, 0.1) is 0 Å². The minimum absolute atomic E-state index is 1.06. The third-order valence-corrected chi connectivity index (χ3v) is 17.7. The Morgan fingerprint density at radius 2 is 0.603 bits per heavy atom. The second-order valence-corrected chi connectivity index (χ2v) is 22.0. The van der Waals surface area contributed by atoms with Crippen LogP contribution >= 0.6 is 0 Å². The molecule has 0 aromatic heterocycles. The summed E-state index contributed by atoms with van der Waals surface area (Å²) in [6.45, 7) is 0. The second-order valence-electron chi connectivity index (χ2n) is 22.0. The maximum atomic E-state index is 2.66. The van der Waals surface area contributed by atoms with Gasteiger partial charge in [0.2, 0.25) is 0 Å². The Balaban J connectivity index is 1.09. The van der Waals surface area contributed by atoms with Gasteiger partial charge in [-0.2, -0.15) is 0 Å². The first-order chi connectivity index (χ1) is 38.7. The highest BCUT2D eigenvalue weighted by Gasteiger charge is 2.30. The van der Waals surface area contributed by atoms with Gasteiger partial charge in [0, 0.05) is 43.7 Å². The molecule has 0 heterocycles. The van der Waals surface area contributed by atoms with E-state index in [-0.39, 0.29) is 0 Å². The molecule has 14 aromatic rings. The highest BCUT2D eigenvalue weighted by Crippen LogP contribution is 2.55. The van der Waals surface area contributed by atoms with Crippen molar-refractivity contribution in [1.82, 2.24) is 0 Å². The van der Waals surface area contributed by atoms with Gasteiger partial charge in [-0.15, -0.1) is 0 Å². The number of benzene rings is 14. The molecule has 0 atom stereocenters. The molecule has 2 nitrogen and oxygen atoms in total. The molecule has 0 amide bonds. The molecule has 2 aliphatic rings. The molecular weight excluding hydrogens is 941 g/mol.